The Hall–Kier alpha value is -1.45. The molecule has 0 unspecified atom stereocenters. The van der Waals surface area contributed by atoms with Gasteiger partial charge in [-0.15, -0.1) is 35.3 Å². The van der Waals surface area contributed by atoms with Crippen LogP contribution in [0.4, 0.5) is 0 Å². The van der Waals surface area contributed by atoms with Crippen LogP contribution in [0.25, 0.3) is 10.6 Å². The van der Waals surface area contributed by atoms with Gasteiger partial charge >= 0.3 is 0 Å². The second-order valence-electron chi connectivity index (χ2n) is 4.92. The van der Waals surface area contributed by atoms with E-state index in [0.29, 0.717) is 6.54 Å². The first-order chi connectivity index (χ1) is 11.3. The molecular weight excluding hydrogens is 451 g/mol. The summed E-state index contributed by atoms with van der Waals surface area (Å²) in [7, 11) is 1.78. The van der Waals surface area contributed by atoms with Crippen LogP contribution >= 0.6 is 46.7 Å². The van der Waals surface area contributed by atoms with Crippen LogP contribution in [0.2, 0.25) is 0 Å². The Labute approximate surface area is 167 Å². The van der Waals surface area contributed by atoms with Gasteiger partial charge in [-0.05, 0) is 22.4 Å². The molecule has 7 heteroatoms. The number of nitrogens with zero attached hydrogens (tertiary/aromatic N) is 2. The van der Waals surface area contributed by atoms with Crippen LogP contribution in [0.5, 0.6) is 0 Å². The number of thiophene rings is 1. The Kier molecular flexibility index (Phi) is 7.67. The molecule has 0 saturated carbocycles. The second-order valence-corrected chi connectivity index (χ2v) is 6.56. The van der Waals surface area contributed by atoms with Gasteiger partial charge in [-0.1, -0.05) is 30.3 Å². The number of hydrogen-bond acceptors (Lipinski definition) is 4. The quantitative estimate of drug-likeness (QED) is 0.331. The van der Waals surface area contributed by atoms with Crippen LogP contribution in [0, 0.1) is 0 Å². The zero-order chi connectivity index (χ0) is 15.9. The van der Waals surface area contributed by atoms with Crippen molar-refractivity contribution in [3.05, 3.63) is 63.8 Å². The summed E-state index contributed by atoms with van der Waals surface area (Å²) in [5.41, 5.74) is 3.44. The van der Waals surface area contributed by atoms with Crippen molar-refractivity contribution in [3.63, 3.8) is 0 Å². The summed E-state index contributed by atoms with van der Waals surface area (Å²) in [6, 6.07) is 12.4. The first-order valence-corrected chi connectivity index (χ1v) is 9.13. The fraction of sp³-hybridized carbons (Fsp3) is 0.176. The van der Waals surface area contributed by atoms with E-state index in [2.05, 4.69) is 54.9 Å². The number of halogens is 1. The van der Waals surface area contributed by atoms with Crippen molar-refractivity contribution in [2.45, 2.75) is 13.1 Å². The molecular formula is C17H19IN4S2. The topological polar surface area (TPSA) is 49.3 Å². The van der Waals surface area contributed by atoms with Gasteiger partial charge < -0.3 is 10.6 Å². The fourth-order valence-corrected chi connectivity index (χ4v) is 3.57. The van der Waals surface area contributed by atoms with Gasteiger partial charge in [0.25, 0.3) is 0 Å². The lowest BCUT2D eigenvalue weighted by atomic mass is 10.2. The van der Waals surface area contributed by atoms with Crippen molar-refractivity contribution in [3.8, 4) is 10.6 Å². The summed E-state index contributed by atoms with van der Waals surface area (Å²) in [4.78, 5) is 8.91. The minimum Gasteiger partial charge on any atom is -0.352 e. The number of hydrogen-bond donors (Lipinski definition) is 2. The van der Waals surface area contributed by atoms with Crippen LogP contribution in [0.3, 0.4) is 0 Å². The largest absolute Gasteiger partial charge is 0.352 e. The summed E-state index contributed by atoms with van der Waals surface area (Å²) >= 11 is 3.36. The predicted octanol–water partition coefficient (Wildman–Crippen LogP) is 4.35. The Morgan fingerprint density at radius 1 is 1.08 bits per heavy atom. The number of rotatable bonds is 5. The Morgan fingerprint density at radius 3 is 2.58 bits per heavy atom. The lowest BCUT2D eigenvalue weighted by Crippen LogP contribution is -2.36. The first kappa shape index (κ1) is 18.9. The summed E-state index contributed by atoms with van der Waals surface area (Å²) in [5.74, 6) is 0.783. The van der Waals surface area contributed by atoms with E-state index in [1.165, 1.54) is 5.56 Å². The summed E-state index contributed by atoms with van der Waals surface area (Å²) in [5, 5.41) is 13.9. The molecule has 1 aromatic carbocycles. The molecule has 126 valence electrons. The molecule has 24 heavy (non-hydrogen) atoms. The maximum atomic E-state index is 4.67. The van der Waals surface area contributed by atoms with E-state index in [4.69, 9.17) is 0 Å². The minimum absolute atomic E-state index is 0. The molecule has 2 heterocycles. The van der Waals surface area contributed by atoms with Gasteiger partial charge in [-0.25, -0.2) is 4.98 Å². The smallest absolute Gasteiger partial charge is 0.191 e. The van der Waals surface area contributed by atoms with E-state index in [9.17, 15) is 0 Å². The molecule has 0 bridgehead atoms. The molecule has 2 aromatic heterocycles. The zero-order valence-corrected chi connectivity index (χ0v) is 17.2. The highest BCUT2D eigenvalue weighted by atomic mass is 127. The van der Waals surface area contributed by atoms with Crippen molar-refractivity contribution >= 4 is 52.6 Å². The van der Waals surface area contributed by atoms with E-state index in [1.807, 2.05) is 18.2 Å². The van der Waals surface area contributed by atoms with Crippen molar-refractivity contribution in [2.24, 2.45) is 4.99 Å². The van der Waals surface area contributed by atoms with E-state index < -0.39 is 0 Å². The van der Waals surface area contributed by atoms with Gasteiger partial charge in [-0.2, -0.15) is 11.3 Å². The number of guanidine groups is 1. The number of benzene rings is 1. The van der Waals surface area contributed by atoms with Gasteiger partial charge in [0.05, 0.1) is 12.2 Å². The number of aromatic nitrogens is 1. The standard InChI is InChI=1S/C17H18N4S2.HI/c1-18-17(19-9-13-7-8-22-11-13)20-10-15-12-23-16(21-15)14-5-3-2-4-6-14;/h2-8,11-12H,9-10H2,1H3,(H2,18,19,20);1H. The third-order valence-electron chi connectivity index (χ3n) is 3.27. The van der Waals surface area contributed by atoms with Gasteiger partial charge in [0.1, 0.15) is 5.01 Å². The Morgan fingerprint density at radius 2 is 1.88 bits per heavy atom. The molecule has 0 atom stereocenters. The van der Waals surface area contributed by atoms with Crippen molar-refractivity contribution in [1.82, 2.24) is 15.6 Å². The Bertz CT molecular complexity index is 754. The molecule has 0 aliphatic heterocycles. The molecule has 0 radical (unpaired) electrons. The average Bonchev–Trinajstić information content (AvgIpc) is 3.27. The van der Waals surface area contributed by atoms with Crippen molar-refractivity contribution < 1.29 is 0 Å². The minimum atomic E-state index is 0. The van der Waals surface area contributed by atoms with E-state index in [-0.39, 0.29) is 24.0 Å². The highest BCUT2D eigenvalue weighted by Crippen LogP contribution is 2.23. The van der Waals surface area contributed by atoms with Crippen LogP contribution < -0.4 is 10.6 Å². The Balaban J connectivity index is 0.00000208. The first-order valence-electron chi connectivity index (χ1n) is 7.30. The number of aliphatic imine (C=N–C) groups is 1. The molecule has 2 N–H and O–H groups in total. The molecule has 0 saturated heterocycles. The maximum absolute atomic E-state index is 4.67. The fourth-order valence-electron chi connectivity index (χ4n) is 2.08. The second kappa shape index (κ2) is 9.75. The molecule has 0 aliphatic carbocycles. The van der Waals surface area contributed by atoms with Gasteiger partial charge in [0.15, 0.2) is 5.96 Å². The van der Waals surface area contributed by atoms with Crippen LogP contribution in [0.1, 0.15) is 11.3 Å². The third kappa shape index (κ3) is 5.29. The zero-order valence-electron chi connectivity index (χ0n) is 13.2. The summed E-state index contributed by atoms with van der Waals surface area (Å²) in [6.45, 7) is 1.43. The van der Waals surface area contributed by atoms with E-state index in [0.717, 1.165) is 28.8 Å². The summed E-state index contributed by atoms with van der Waals surface area (Å²) in [6.07, 6.45) is 0. The maximum Gasteiger partial charge on any atom is 0.191 e. The molecule has 3 aromatic rings. The molecule has 0 spiro atoms. The average molecular weight is 470 g/mol. The normalized spacial score (nSPS) is 11.0. The van der Waals surface area contributed by atoms with Crippen molar-refractivity contribution in [2.75, 3.05) is 7.05 Å². The van der Waals surface area contributed by atoms with Crippen molar-refractivity contribution in [1.29, 1.82) is 0 Å². The monoisotopic (exact) mass is 470 g/mol. The SMILES string of the molecule is CN=C(NCc1ccsc1)NCc1csc(-c2ccccc2)n1.I. The van der Waals surface area contributed by atoms with Gasteiger partial charge in [0, 0.05) is 24.5 Å². The van der Waals surface area contributed by atoms with Crippen LogP contribution in [-0.4, -0.2) is 18.0 Å². The number of thiazole rings is 1. The van der Waals surface area contributed by atoms with Crippen LogP contribution in [-0.2, 0) is 13.1 Å². The summed E-state index contributed by atoms with van der Waals surface area (Å²) < 4.78 is 0. The van der Waals surface area contributed by atoms with E-state index in [1.54, 1.807) is 29.7 Å². The van der Waals surface area contributed by atoms with Gasteiger partial charge in [-0.3, -0.25) is 4.99 Å². The molecule has 0 fully saturated rings. The predicted molar refractivity (Wildman–Crippen MR) is 114 cm³/mol. The van der Waals surface area contributed by atoms with Crippen LogP contribution in [0.15, 0.2) is 57.5 Å². The highest BCUT2D eigenvalue weighted by molar-refractivity contribution is 14.0. The molecule has 0 amide bonds. The van der Waals surface area contributed by atoms with Gasteiger partial charge in [0.2, 0.25) is 0 Å². The van der Waals surface area contributed by atoms with E-state index >= 15 is 0 Å². The molecule has 0 aliphatic rings. The molecule has 3 rings (SSSR count). The lowest BCUT2D eigenvalue weighted by molar-refractivity contribution is 0.800. The highest BCUT2D eigenvalue weighted by Gasteiger charge is 2.05. The number of nitrogens with one attached hydrogen (secondary N) is 2. The third-order valence-corrected chi connectivity index (χ3v) is 4.95. The lowest BCUT2D eigenvalue weighted by Gasteiger charge is -2.10. The molecule has 4 nitrogen and oxygen atoms in total.